The number of carbonyl (C=O) groups is 1. The molecule has 1 heterocycles. The maximum absolute atomic E-state index is 11.5. The molecule has 0 aliphatic carbocycles. The molecule has 1 aliphatic rings. The average molecular weight is 306 g/mol. The highest BCUT2D eigenvalue weighted by Crippen LogP contribution is 2.34. The van der Waals surface area contributed by atoms with Crippen molar-refractivity contribution in [3.63, 3.8) is 0 Å². The Bertz CT molecular complexity index is 535. The summed E-state index contributed by atoms with van der Waals surface area (Å²) in [6, 6.07) is 3.61. The van der Waals surface area contributed by atoms with Crippen LogP contribution >= 0.6 is 0 Å². The van der Waals surface area contributed by atoms with Crippen molar-refractivity contribution in [1.29, 1.82) is 0 Å². The summed E-state index contributed by atoms with van der Waals surface area (Å²) in [5.74, 6) is 0.120. The number of unbranched alkanes of at least 4 members (excludes halogenated alkanes) is 1. The minimum absolute atomic E-state index is 0.0317. The van der Waals surface area contributed by atoms with Crippen molar-refractivity contribution < 1.29 is 15.0 Å². The van der Waals surface area contributed by atoms with Crippen LogP contribution in [0.15, 0.2) is 12.1 Å². The van der Waals surface area contributed by atoms with Crippen LogP contribution in [-0.4, -0.2) is 34.8 Å². The standard InChI is InChI=1S/C17H26N2O3/c1-17(2,22)11-18-10-4-3-5-12-6-8-14(20)16-13(12)7-9-15(21)19-16/h6,8,18,20,22H,3-5,7,9-11H2,1-2H3,(H,19,21). The van der Waals surface area contributed by atoms with E-state index in [2.05, 4.69) is 10.6 Å². The molecule has 1 aliphatic heterocycles. The number of hydrogen-bond donors (Lipinski definition) is 4. The average Bonchev–Trinajstić information content (AvgIpc) is 2.44. The Morgan fingerprint density at radius 3 is 2.77 bits per heavy atom. The number of aromatic hydroxyl groups is 1. The molecule has 0 fully saturated rings. The molecule has 0 radical (unpaired) electrons. The second-order valence-electron chi connectivity index (χ2n) is 6.59. The van der Waals surface area contributed by atoms with Crippen molar-refractivity contribution in [2.24, 2.45) is 0 Å². The van der Waals surface area contributed by atoms with Gasteiger partial charge in [-0.15, -0.1) is 0 Å². The normalized spacial score (nSPS) is 14.6. The highest BCUT2D eigenvalue weighted by molar-refractivity contribution is 5.95. The zero-order valence-electron chi connectivity index (χ0n) is 13.4. The summed E-state index contributed by atoms with van der Waals surface area (Å²) < 4.78 is 0. The first kappa shape index (κ1) is 16.8. The fraction of sp³-hybridized carbons (Fsp3) is 0.588. The van der Waals surface area contributed by atoms with E-state index < -0.39 is 5.60 Å². The second-order valence-corrected chi connectivity index (χ2v) is 6.59. The van der Waals surface area contributed by atoms with Crippen molar-refractivity contribution in [2.75, 3.05) is 18.4 Å². The lowest BCUT2D eigenvalue weighted by molar-refractivity contribution is -0.116. The van der Waals surface area contributed by atoms with E-state index in [1.807, 2.05) is 6.07 Å². The van der Waals surface area contributed by atoms with Crippen molar-refractivity contribution in [2.45, 2.75) is 51.6 Å². The minimum Gasteiger partial charge on any atom is -0.506 e. The molecule has 0 bridgehead atoms. The molecular weight excluding hydrogens is 280 g/mol. The molecule has 5 heteroatoms. The zero-order valence-corrected chi connectivity index (χ0v) is 13.4. The number of phenols is 1. The fourth-order valence-electron chi connectivity index (χ4n) is 2.74. The first-order valence-corrected chi connectivity index (χ1v) is 7.93. The summed E-state index contributed by atoms with van der Waals surface area (Å²) in [6.07, 6.45) is 4.17. The molecule has 1 aromatic carbocycles. The third-order valence-electron chi connectivity index (χ3n) is 3.86. The molecule has 0 saturated carbocycles. The number of aryl methyl sites for hydroxylation is 1. The number of hydrogen-bond acceptors (Lipinski definition) is 4. The van der Waals surface area contributed by atoms with E-state index in [1.54, 1.807) is 19.9 Å². The molecule has 0 unspecified atom stereocenters. The van der Waals surface area contributed by atoms with Crippen LogP contribution in [0.25, 0.3) is 0 Å². The van der Waals surface area contributed by atoms with Gasteiger partial charge in [0.2, 0.25) is 5.91 Å². The number of benzene rings is 1. The van der Waals surface area contributed by atoms with Gasteiger partial charge in [-0.05, 0) is 63.3 Å². The fourth-order valence-corrected chi connectivity index (χ4v) is 2.74. The van der Waals surface area contributed by atoms with Gasteiger partial charge >= 0.3 is 0 Å². The Kier molecular flexibility index (Phi) is 5.42. The summed E-state index contributed by atoms with van der Waals surface area (Å²) in [5.41, 5.74) is 2.20. The van der Waals surface area contributed by atoms with Gasteiger partial charge in [-0.2, -0.15) is 0 Å². The van der Waals surface area contributed by atoms with Crippen LogP contribution in [0, 0.1) is 0 Å². The van der Waals surface area contributed by atoms with Crippen LogP contribution < -0.4 is 10.6 Å². The molecule has 22 heavy (non-hydrogen) atoms. The molecule has 4 N–H and O–H groups in total. The van der Waals surface area contributed by atoms with Gasteiger partial charge in [0.15, 0.2) is 0 Å². The first-order chi connectivity index (χ1) is 10.4. The van der Waals surface area contributed by atoms with Crippen molar-refractivity contribution in [3.05, 3.63) is 23.3 Å². The van der Waals surface area contributed by atoms with Gasteiger partial charge in [0.1, 0.15) is 5.75 Å². The third-order valence-corrected chi connectivity index (χ3v) is 3.86. The zero-order chi connectivity index (χ0) is 16.2. The molecule has 2 rings (SSSR count). The largest absolute Gasteiger partial charge is 0.506 e. The lowest BCUT2D eigenvalue weighted by Gasteiger charge is -2.21. The second kappa shape index (κ2) is 7.11. The van der Waals surface area contributed by atoms with Crippen LogP contribution in [0.3, 0.4) is 0 Å². The Morgan fingerprint density at radius 2 is 2.05 bits per heavy atom. The van der Waals surface area contributed by atoms with Gasteiger partial charge in [0, 0.05) is 13.0 Å². The van der Waals surface area contributed by atoms with Crippen molar-refractivity contribution in [3.8, 4) is 5.75 Å². The van der Waals surface area contributed by atoms with E-state index in [9.17, 15) is 15.0 Å². The predicted molar refractivity (Wildman–Crippen MR) is 87.2 cm³/mol. The molecule has 0 saturated heterocycles. The topological polar surface area (TPSA) is 81.6 Å². The van der Waals surface area contributed by atoms with Crippen LogP contribution in [0.2, 0.25) is 0 Å². The Hall–Kier alpha value is -1.59. The minimum atomic E-state index is -0.672. The van der Waals surface area contributed by atoms with Gasteiger partial charge in [0.05, 0.1) is 11.3 Å². The Morgan fingerprint density at radius 1 is 1.27 bits per heavy atom. The molecule has 1 amide bonds. The summed E-state index contributed by atoms with van der Waals surface area (Å²) >= 11 is 0. The smallest absolute Gasteiger partial charge is 0.224 e. The van der Waals surface area contributed by atoms with Crippen LogP contribution in [-0.2, 0) is 17.6 Å². The van der Waals surface area contributed by atoms with Gasteiger partial charge in [0.25, 0.3) is 0 Å². The number of amides is 1. The summed E-state index contributed by atoms with van der Waals surface area (Å²) in [7, 11) is 0. The molecule has 122 valence electrons. The molecular formula is C17H26N2O3. The van der Waals surface area contributed by atoms with E-state index in [1.165, 1.54) is 5.56 Å². The summed E-state index contributed by atoms with van der Waals surface area (Å²) in [4.78, 5) is 11.5. The third kappa shape index (κ3) is 4.71. The van der Waals surface area contributed by atoms with Crippen molar-refractivity contribution in [1.82, 2.24) is 5.32 Å². The SMILES string of the molecule is CC(C)(O)CNCCCCc1ccc(O)c2c1CCC(=O)N2. The number of nitrogens with one attached hydrogen (secondary N) is 2. The lowest BCUT2D eigenvalue weighted by atomic mass is 9.93. The lowest BCUT2D eigenvalue weighted by Crippen LogP contribution is -2.35. The maximum atomic E-state index is 11.5. The number of fused-ring (bicyclic) bond motifs is 1. The monoisotopic (exact) mass is 306 g/mol. The summed E-state index contributed by atoms with van der Waals surface area (Å²) in [6.45, 7) is 5.04. The Balaban J connectivity index is 1.84. The first-order valence-electron chi connectivity index (χ1n) is 7.93. The number of rotatable bonds is 7. The Labute approximate surface area is 131 Å². The number of phenolic OH excluding ortho intramolecular Hbond substituents is 1. The molecule has 0 spiro atoms. The molecule has 5 nitrogen and oxygen atoms in total. The predicted octanol–water partition coefficient (Wildman–Crippen LogP) is 1.96. The van der Waals surface area contributed by atoms with Gasteiger partial charge in [-0.1, -0.05) is 6.07 Å². The van der Waals surface area contributed by atoms with E-state index >= 15 is 0 Å². The molecule has 0 atom stereocenters. The van der Waals surface area contributed by atoms with E-state index in [0.717, 1.165) is 31.4 Å². The van der Waals surface area contributed by atoms with Crippen LogP contribution in [0.1, 0.15) is 44.2 Å². The van der Waals surface area contributed by atoms with E-state index in [4.69, 9.17) is 0 Å². The quantitative estimate of drug-likeness (QED) is 0.458. The number of carbonyl (C=O) groups excluding carboxylic acids is 1. The van der Waals surface area contributed by atoms with Crippen LogP contribution in [0.4, 0.5) is 5.69 Å². The number of anilines is 1. The van der Waals surface area contributed by atoms with Crippen LogP contribution in [0.5, 0.6) is 5.75 Å². The van der Waals surface area contributed by atoms with Gasteiger partial charge in [-0.3, -0.25) is 4.79 Å². The van der Waals surface area contributed by atoms with Gasteiger partial charge < -0.3 is 20.8 Å². The molecule has 1 aromatic rings. The maximum Gasteiger partial charge on any atom is 0.224 e. The highest BCUT2D eigenvalue weighted by Gasteiger charge is 2.20. The molecule has 0 aromatic heterocycles. The summed E-state index contributed by atoms with van der Waals surface area (Å²) in [5, 5.41) is 25.5. The van der Waals surface area contributed by atoms with E-state index in [-0.39, 0.29) is 11.7 Å². The van der Waals surface area contributed by atoms with E-state index in [0.29, 0.717) is 25.1 Å². The number of aliphatic hydroxyl groups is 1. The van der Waals surface area contributed by atoms with Crippen molar-refractivity contribution >= 4 is 11.6 Å². The van der Waals surface area contributed by atoms with Gasteiger partial charge in [-0.25, -0.2) is 0 Å². The highest BCUT2D eigenvalue weighted by atomic mass is 16.3.